The maximum Gasteiger partial charge on any atom is 0.282 e. The molecule has 6 heteroatoms. The van der Waals surface area contributed by atoms with Crippen LogP contribution in [-0.4, -0.2) is 11.8 Å². The summed E-state index contributed by atoms with van der Waals surface area (Å²) in [5.74, 6) is -1.33. The largest absolute Gasteiger partial charge is 0.350 e. The fraction of sp³-hybridized carbons (Fsp3) is 0.0435. The lowest BCUT2D eigenvalue weighted by Gasteiger charge is -2.16. The number of hydrogen-bond acceptors (Lipinski definition) is 3. The molecule has 0 aromatic heterocycles. The lowest BCUT2D eigenvalue weighted by molar-refractivity contribution is -0.120. The average Bonchev–Trinajstić information content (AvgIpc) is 2.92. The summed E-state index contributed by atoms with van der Waals surface area (Å²) in [7, 11) is 0. The summed E-state index contributed by atoms with van der Waals surface area (Å²) in [6.07, 6.45) is 0. The lowest BCUT2D eigenvalue weighted by Crippen LogP contribution is -2.32. The van der Waals surface area contributed by atoms with E-state index in [1.54, 1.807) is 24.3 Å². The standard InChI is InChI=1S/C23H16BrFN2O2/c1-14-4-2-7-19(12-14)27-22(28)20(15-8-10-17(25)11-9-15)21(23(27)29)26-18-6-3-5-16(24)13-18/h2-13,26H,1H3. The first-order chi connectivity index (χ1) is 13.9. The van der Waals surface area contributed by atoms with E-state index in [1.165, 1.54) is 24.3 Å². The number of anilines is 2. The van der Waals surface area contributed by atoms with Crippen molar-refractivity contribution >= 4 is 44.7 Å². The van der Waals surface area contributed by atoms with Crippen molar-refractivity contribution in [2.45, 2.75) is 6.92 Å². The summed E-state index contributed by atoms with van der Waals surface area (Å²) < 4.78 is 14.3. The average molecular weight is 451 g/mol. The first kappa shape index (κ1) is 19.1. The molecule has 0 radical (unpaired) electrons. The monoisotopic (exact) mass is 450 g/mol. The summed E-state index contributed by atoms with van der Waals surface area (Å²) >= 11 is 3.40. The molecule has 4 rings (SSSR count). The number of halogens is 2. The number of rotatable bonds is 4. The van der Waals surface area contributed by atoms with Crippen molar-refractivity contribution in [3.63, 3.8) is 0 Å². The van der Waals surface area contributed by atoms with E-state index in [-0.39, 0.29) is 11.3 Å². The molecule has 0 aliphatic carbocycles. The Morgan fingerprint density at radius 1 is 0.897 bits per heavy atom. The van der Waals surface area contributed by atoms with Crippen LogP contribution in [0, 0.1) is 12.7 Å². The smallest absolute Gasteiger partial charge is 0.282 e. The first-order valence-electron chi connectivity index (χ1n) is 8.92. The summed E-state index contributed by atoms with van der Waals surface area (Å²) in [5.41, 5.74) is 2.90. The maximum absolute atomic E-state index is 13.4. The normalized spacial score (nSPS) is 14.0. The van der Waals surface area contributed by atoms with Gasteiger partial charge in [0.05, 0.1) is 11.3 Å². The van der Waals surface area contributed by atoms with Crippen LogP contribution in [0.1, 0.15) is 11.1 Å². The quantitative estimate of drug-likeness (QED) is 0.549. The Morgan fingerprint density at radius 3 is 2.31 bits per heavy atom. The number of aryl methyl sites for hydroxylation is 1. The molecule has 0 saturated carbocycles. The molecule has 0 spiro atoms. The lowest BCUT2D eigenvalue weighted by atomic mass is 10.0. The number of amides is 2. The fourth-order valence-electron chi connectivity index (χ4n) is 3.24. The highest BCUT2D eigenvalue weighted by Crippen LogP contribution is 2.34. The molecule has 0 saturated heterocycles. The second-order valence-electron chi connectivity index (χ2n) is 6.68. The van der Waals surface area contributed by atoms with Crippen LogP contribution in [0.15, 0.2) is 83.0 Å². The molecular weight excluding hydrogens is 435 g/mol. The Hall–Kier alpha value is -3.25. The van der Waals surface area contributed by atoms with Gasteiger partial charge in [0, 0.05) is 10.2 Å². The maximum atomic E-state index is 13.4. The van der Waals surface area contributed by atoms with Crippen molar-refractivity contribution in [3.05, 3.63) is 99.9 Å². The number of nitrogens with one attached hydrogen (secondary N) is 1. The van der Waals surface area contributed by atoms with Gasteiger partial charge in [-0.25, -0.2) is 9.29 Å². The molecule has 0 atom stereocenters. The zero-order valence-electron chi connectivity index (χ0n) is 15.4. The Morgan fingerprint density at radius 2 is 1.62 bits per heavy atom. The second-order valence-corrected chi connectivity index (χ2v) is 7.59. The highest BCUT2D eigenvalue weighted by atomic mass is 79.9. The summed E-state index contributed by atoms with van der Waals surface area (Å²) in [6.45, 7) is 1.89. The fourth-order valence-corrected chi connectivity index (χ4v) is 3.64. The van der Waals surface area contributed by atoms with Crippen molar-refractivity contribution in [3.8, 4) is 0 Å². The molecule has 3 aromatic carbocycles. The van der Waals surface area contributed by atoms with E-state index in [2.05, 4.69) is 21.2 Å². The molecule has 0 bridgehead atoms. The molecule has 4 nitrogen and oxygen atoms in total. The van der Waals surface area contributed by atoms with Crippen LogP contribution >= 0.6 is 15.9 Å². The van der Waals surface area contributed by atoms with E-state index < -0.39 is 17.6 Å². The van der Waals surface area contributed by atoms with Crippen molar-refractivity contribution < 1.29 is 14.0 Å². The van der Waals surface area contributed by atoms with Crippen LogP contribution in [0.25, 0.3) is 5.57 Å². The van der Waals surface area contributed by atoms with Gasteiger partial charge in [-0.2, -0.15) is 0 Å². The Bertz CT molecular complexity index is 1160. The molecule has 144 valence electrons. The highest BCUT2D eigenvalue weighted by Gasteiger charge is 2.40. The summed E-state index contributed by atoms with van der Waals surface area (Å²) in [6, 6.07) is 20.0. The number of imide groups is 1. The van der Waals surface area contributed by atoms with Crippen LogP contribution in [0.2, 0.25) is 0 Å². The van der Waals surface area contributed by atoms with Crippen LogP contribution in [0.5, 0.6) is 0 Å². The van der Waals surface area contributed by atoms with E-state index in [0.717, 1.165) is 14.9 Å². The first-order valence-corrected chi connectivity index (χ1v) is 9.71. The highest BCUT2D eigenvalue weighted by molar-refractivity contribution is 9.10. The molecule has 2 amide bonds. The molecule has 1 N–H and O–H groups in total. The summed E-state index contributed by atoms with van der Waals surface area (Å²) in [4.78, 5) is 27.7. The third kappa shape index (κ3) is 3.71. The van der Waals surface area contributed by atoms with Gasteiger partial charge in [0.25, 0.3) is 11.8 Å². The van der Waals surface area contributed by atoms with E-state index in [4.69, 9.17) is 0 Å². The molecule has 29 heavy (non-hydrogen) atoms. The molecule has 1 aliphatic rings. The van der Waals surface area contributed by atoms with Crippen LogP contribution in [-0.2, 0) is 9.59 Å². The van der Waals surface area contributed by atoms with Crippen molar-refractivity contribution in [2.75, 3.05) is 10.2 Å². The van der Waals surface area contributed by atoms with Crippen LogP contribution in [0.3, 0.4) is 0 Å². The zero-order valence-corrected chi connectivity index (χ0v) is 17.0. The van der Waals surface area contributed by atoms with Gasteiger partial charge in [-0.05, 0) is 60.5 Å². The zero-order chi connectivity index (χ0) is 20.5. The third-order valence-corrected chi connectivity index (χ3v) is 5.06. The van der Waals surface area contributed by atoms with Gasteiger partial charge in [0.2, 0.25) is 0 Å². The number of hydrogen-bond donors (Lipinski definition) is 1. The summed E-state index contributed by atoms with van der Waals surface area (Å²) in [5, 5.41) is 3.08. The van der Waals surface area contributed by atoms with E-state index in [0.29, 0.717) is 16.9 Å². The van der Waals surface area contributed by atoms with E-state index >= 15 is 0 Å². The topological polar surface area (TPSA) is 49.4 Å². The number of carbonyl (C=O) groups is 2. The van der Waals surface area contributed by atoms with Gasteiger partial charge in [-0.15, -0.1) is 0 Å². The van der Waals surface area contributed by atoms with Crippen LogP contribution < -0.4 is 10.2 Å². The van der Waals surface area contributed by atoms with Gasteiger partial charge >= 0.3 is 0 Å². The Kier molecular flexibility index (Phi) is 5.03. The SMILES string of the molecule is Cc1cccc(N2C(=O)C(Nc3cccc(Br)c3)=C(c3ccc(F)cc3)C2=O)c1. The van der Waals surface area contributed by atoms with Gasteiger partial charge in [-0.1, -0.05) is 46.3 Å². The third-order valence-electron chi connectivity index (χ3n) is 4.57. The van der Waals surface area contributed by atoms with Crippen LogP contribution in [0.4, 0.5) is 15.8 Å². The van der Waals surface area contributed by atoms with Gasteiger partial charge in [0.1, 0.15) is 11.5 Å². The second kappa shape index (κ2) is 7.64. The Labute approximate surface area is 175 Å². The molecule has 1 aliphatic heterocycles. The van der Waals surface area contributed by atoms with Gasteiger partial charge < -0.3 is 5.32 Å². The number of nitrogens with zero attached hydrogens (tertiary/aromatic N) is 1. The van der Waals surface area contributed by atoms with E-state index in [1.807, 2.05) is 31.2 Å². The molecule has 1 heterocycles. The number of carbonyl (C=O) groups excluding carboxylic acids is 2. The molecular formula is C23H16BrFN2O2. The predicted molar refractivity (Wildman–Crippen MR) is 115 cm³/mol. The van der Waals surface area contributed by atoms with Crippen molar-refractivity contribution in [1.82, 2.24) is 0 Å². The Balaban J connectivity index is 1.83. The minimum absolute atomic E-state index is 0.154. The van der Waals surface area contributed by atoms with E-state index in [9.17, 15) is 14.0 Å². The minimum atomic E-state index is -0.458. The molecule has 3 aromatic rings. The number of benzene rings is 3. The van der Waals surface area contributed by atoms with Crippen molar-refractivity contribution in [2.24, 2.45) is 0 Å². The predicted octanol–water partition coefficient (Wildman–Crippen LogP) is 5.29. The molecule has 0 unspecified atom stereocenters. The molecule has 0 fully saturated rings. The van der Waals surface area contributed by atoms with Gasteiger partial charge in [0.15, 0.2) is 0 Å². The minimum Gasteiger partial charge on any atom is -0.350 e. The van der Waals surface area contributed by atoms with Crippen molar-refractivity contribution in [1.29, 1.82) is 0 Å². The van der Waals surface area contributed by atoms with Gasteiger partial charge in [-0.3, -0.25) is 9.59 Å².